The number of nitrogens with zero attached hydrogens (tertiary/aromatic N) is 2. The second-order valence-corrected chi connectivity index (χ2v) is 4.04. The summed E-state index contributed by atoms with van der Waals surface area (Å²) in [7, 11) is 0. The number of ether oxygens (including phenoxy) is 1. The Balaban J connectivity index is 1.71. The molecule has 4 nitrogen and oxygen atoms in total. The molecule has 16 heavy (non-hydrogen) atoms. The zero-order chi connectivity index (χ0) is 11.2. The van der Waals surface area contributed by atoms with Crippen LogP contribution in [0.15, 0.2) is 18.2 Å². The molecule has 0 atom stereocenters. The molecule has 0 amide bonds. The monoisotopic (exact) mass is 221 g/mol. The molecule has 1 fully saturated rings. The molecule has 1 aromatic heterocycles. The van der Waals surface area contributed by atoms with Crippen molar-refractivity contribution in [3.05, 3.63) is 23.9 Å². The fourth-order valence-corrected chi connectivity index (χ4v) is 1.81. The van der Waals surface area contributed by atoms with Crippen LogP contribution in [0.4, 0.5) is 5.82 Å². The second kappa shape index (κ2) is 5.82. The number of aromatic nitrogens is 1. The van der Waals surface area contributed by atoms with Crippen molar-refractivity contribution in [2.75, 3.05) is 44.7 Å². The van der Waals surface area contributed by atoms with Gasteiger partial charge in [-0.2, -0.15) is 0 Å². The number of morpholine rings is 1. The quantitative estimate of drug-likeness (QED) is 0.827. The molecule has 0 unspecified atom stereocenters. The first-order chi connectivity index (χ1) is 7.84. The van der Waals surface area contributed by atoms with Gasteiger partial charge >= 0.3 is 0 Å². The highest BCUT2D eigenvalue weighted by Gasteiger charge is 2.08. The van der Waals surface area contributed by atoms with Crippen LogP contribution < -0.4 is 5.32 Å². The normalized spacial score (nSPS) is 17.3. The fraction of sp³-hybridized carbons (Fsp3) is 0.583. The van der Waals surface area contributed by atoms with E-state index in [1.807, 2.05) is 25.1 Å². The zero-order valence-corrected chi connectivity index (χ0v) is 9.78. The van der Waals surface area contributed by atoms with Gasteiger partial charge in [0.1, 0.15) is 5.82 Å². The van der Waals surface area contributed by atoms with Crippen LogP contribution in [0, 0.1) is 6.92 Å². The van der Waals surface area contributed by atoms with Gasteiger partial charge in [-0.1, -0.05) is 6.07 Å². The lowest BCUT2D eigenvalue weighted by atomic mass is 10.3. The number of aryl methyl sites for hydroxylation is 1. The molecule has 1 N–H and O–H groups in total. The van der Waals surface area contributed by atoms with E-state index >= 15 is 0 Å². The fourth-order valence-electron chi connectivity index (χ4n) is 1.81. The Morgan fingerprint density at radius 2 is 2.19 bits per heavy atom. The van der Waals surface area contributed by atoms with Crippen molar-refractivity contribution in [2.45, 2.75) is 6.92 Å². The van der Waals surface area contributed by atoms with E-state index in [-0.39, 0.29) is 0 Å². The van der Waals surface area contributed by atoms with E-state index in [1.54, 1.807) is 0 Å². The number of rotatable bonds is 4. The van der Waals surface area contributed by atoms with Crippen molar-refractivity contribution >= 4 is 5.82 Å². The highest BCUT2D eigenvalue weighted by Crippen LogP contribution is 2.03. The second-order valence-electron chi connectivity index (χ2n) is 4.04. The molecule has 0 spiro atoms. The predicted octanol–water partition coefficient (Wildman–Crippen LogP) is 1.13. The van der Waals surface area contributed by atoms with Gasteiger partial charge in [-0.3, -0.25) is 4.90 Å². The van der Waals surface area contributed by atoms with Crippen molar-refractivity contribution in [3.63, 3.8) is 0 Å². The first kappa shape index (κ1) is 11.4. The van der Waals surface area contributed by atoms with E-state index in [4.69, 9.17) is 4.74 Å². The molecule has 1 aliphatic heterocycles. The SMILES string of the molecule is Cc1cccc(NCCN2CCOCC2)n1. The summed E-state index contributed by atoms with van der Waals surface area (Å²) in [5.41, 5.74) is 1.05. The molecule has 1 aromatic rings. The first-order valence-corrected chi connectivity index (χ1v) is 5.82. The van der Waals surface area contributed by atoms with Gasteiger partial charge in [0.15, 0.2) is 0 Å². The summed E-state index contributed by atoms with van der Waals surface area (Å²) in [4.78, 5) is 6.81. The molecule has 2 heterocycles. The number of nitrogens with one attached hydrogen (secondary N) is 1. The van der Waals surface area contributed by atoms with Crippen LogP contribution in [0.1, 0.15) is 5.69 Å². The van der Waals surface area contributed by atoms with Gasteiger partial charge in [0.2, 0.25) is 0 Å². The molecule has 1 aliphatic rings. The lowest BCUT2D eigenvalue weighted by Crippen LogP contribution is -2.39. The highest BCUT2D eigenvalue weighted by molar-refractivity contribution is 5.34. The minimum atomic E-state index is 0.864. The van der Waals surface area contributed by atoms with Gasteiger partial charge in [0.05, 0.1) is 13.2 Å². The summed E-state index contributed by atoms with van der Waals surface area (Å²) in [6.45, 7) is 7.82. The van der Waals surface area contributed by atoms with Crippen molar-refractivity contribution in [1.82, 2.24) is 9.88 Å². The third-order valence-corrected chi connectivity index (χ3v) is 2.73. The summed E-state index contributed by atoms with van der Waals surface area (Å²) in [6, 6.07) is 6.04. The van der Waals surface area contributed by atoms with Gasteiger partial charge in [-0.15, -0.1) is 0 Å². The largest absolute Gasteiger partial charge is 0.379 e. The van der Waals surface area contributed by atoms with Gasteiger partial charge in [-0.25, -0.2) is 4.98 Å². The maximum atomic E-state index is 5.31. The third-order valence-electron chi connectivity index (χ3n) is 2.73. The molecule has 2 rings (SSSR count). The molecule has 1 saturated heterocycles. The average molecular weight is 221 g/mol. The summed E-state index contributed by atoms with van der Waals surface area (Å²) in [6.07, 6.45) is 0. The third kappa shape index (κ3) is 3.47. The van der Waals surface area contributed by atoms with E-state index in [2.05, 4.69) is 15.2 Å². The zero-order valence-electron chi connectivity index (χ0n) is 9.78. The van der Waals surface area contributed by atoms with Crippen molar-refractivity contribution < 1.29 is 4.74 Å². The standard InChI is InChI=1S/C12H19N3O/c1-11-3-2-4-12(14-11)13-5-6-15-7-9-16-10-8-15/h2-4H,5-10H2,1H3,(H,13,14). The molecule has 0 aliphatic carbocycles. The van der Waals surface area contributed by atoms with Crippen LogP contribution >= 0.6 is 0 Å². The van der Waals surface area contributed by atoms with Crippen LogP contribution in [0.5, 0.6) is 0 Å². The van der Waals surface area contributed by atoms with E-state index in [0.717, 1.165) is 50.9 Å². The summed E-state index contributed by atoms with van der Waals surface area (Å²) in [5, 5.41) is 3.34. The van der Waals surface area contributed by atoms with Crippen LogP contribution in [0.2, 0.25) is 0 Å². The predicted molar refractivity (Wildman–Crippen MR) is 64.7 cm³/mol. The smallest absolute Gasteiger partial charge is 0.126 e. The highest BCUT2D eigenvalue weighted by atomic mass is 16.5. The van der Waals surface area contributed by atoms with Crippen molar-refractivity contribution in [1.29, 1.82) is 0 Å². The summed E-state index contributed by atoms with van der Waals surface area (Å²) in [5.74, 6) is 0.966. The minimum Gasteiger partial charge on any atom is -0.379 e. The van der Waals surface area contributed by atoms with E-state index in [9.17, 15) is 0 Å². The van der Waals surface area contributed by atoms with Crippen LogP contribution in [-0.2, 0) is 4.74 Å². The van der Waals surface area contributed by atoms with Gasteiger partial charge in [0.25, 0.3) is 0 Å². The lowest BCUT2D eigenvalue weighted by Gasteiger charge is -2.26. The van der Waals surface area contributed by atoms with E-state index in [1.165, 1.54) is 0 Å². The van der Waals surface area contributed by atoms with Crippen molar-refractivity contribution in [2.24, 2.45) is 0 Å². The minimum absolute atomic E-state index is 0.864. The number of hydrogen-bond acceptors (Lipinski definition) is 4. The molecule has 0 radical (unpaired) electrons. The Kier molecular flexibility index (Phi) is 4.13. The maximum absolute atomic E-state index is 5.31. The number of pyridine rings is 1. The molecule has 4 heteroatoms. The maximum Gasteiger partial charge on any atom is 0.126 e. The first-order valence-electron chi connectivity index (χ1n) is 5.82. The molecule has 0 saturated carbocycles. The molecular weight excluding hydrogens is 202 g/mol. The molecule has 0 aromatic carbocycles. The van der Waals surface area contributed by atoms with Crippen LogP contribution in [0.25, 0.3) is 0 Å². The summed E-state index contributed by atoms with van der Waals surface area (Å²) < 4.78 is 5.31. The Morgan fingerprint density at radius 1 is 1.38 bits per heavy atom. The van der Waals surface area contributed by atoms with Gasteiger partial charge < -0.3 is 10.1 Å². The average Bonchev–Trinajstić information content (AvgIpc) is 2.30. The lowest BCUT2D eigenvalue weighted by molar-refractivity contribution is 0.0398. The Labute approximate surface area is 96.6 Å². The van der Waals surface area contributed by atoms with Crippen LogP contribution in [-0.4, -0.2) is 49.3 Å². The molecular formula is C12H19N3O. The van der Waals surface area contributed by atoms with Gasteiger partial charge in [0, 0.05) is 31.9 Å². The number of anilines is 1. The van der Waals surface area contributed by atoms with Crippen molar-refractivity contribution in [3.8, 4) is 0 Å². The molecule has 88 valence electrons. The Hall–Kier alpha value is -1.13. The Bertz CT molecular complexity index is 324. The van der Waals surface area contributed by atoms with E-state index in [0.29, 0.717) is 0 Å². The van der Waals surface area contributed by atoms with Crippen LogP contribution in [0.3, 0.4) is 0 Å². The summed E-state index contributed by atoms with van der Waals surface area (Å²) >= 11 is 0. The number of hydrogen-bond donors (Lipinski definition) is 1. The molecule has 0 bridgehead atoms. The van der Waals surface area contributed by atoms with Gasteiger partial charge in [-0.05, 0) is 19.1 Å². The topological polar surface area (TPSA) is 37.4 Å². The Morgan fingerprint density at radius 3 is 2.94 bits per heavy atom. The van der Waals surface area contributed by atoms with E-state index < -0.39 is 0 Å².